The van der Waals surface area contributed by atoms with E-state index in [9.17, 15) is 4.79 Å². The summed E-state index contributed by atoms with van der Waals surface area (Å²) in [5, 5.41) is 3.38. The van der Waals surface area contributed by atoms with Crippen molar-refractivity contribution < 1.29 is 9.69 Å². The number of carbonyl (C=O) groups excluding carboxylic acids is 1. The maximum absolute atomic E-state index is 13.2. The Morgan fingerprint density at radius 3 is 2.29 bits per heavy atom. The predicted octanol–water partition coefficient (Wildman–Crippen LogP) is 2.74. The second-order valence-electron chi connectivity index (χ2n) is 8.20. The highest BCUT2D eigenvalue weighted by atomic mass is 16.2. The zero-order valence-corrected chi connectivity index (χ0v) is 15.3. The van der Waals surface area contributed by atoms with E-state index in [1.54, 1.807) is 0 Å². The molecule has 1 aromatic carbocycles. The fourth-order valence-corrected chi connectivity index (χ4v) is 4.82. The highest BCUT2D eigenvalue weighted by Gasteiger charge is 2.37. The minimum atomic E-state index is -0.0571. The number of amides is 1. The molecule has 1 amide bonds. The van der Waals surface area contributed by atoms with E-state index in [0.717, 1.165) is 25.9 Å². The first-order chi connectivity index (χ1) is 11.6. The summed E-state index contributed by atoms with van der Waals surface area (Å²) in [4.78, 5) is 14.6. The van der Waals surface area contributed by atoms with Gasteiger partial charge < -0.3 is 10.2 Å². The van der Waals surface area contributed by atoms with Gasteiger partial charge in [-0.25, -0.2) is 0 Å². The molecule has 1 saturated carbocycles. The molecule has 24 heavy (non-hydrogen) atoms. The van der Waals surface area contributed by atoms with Crippen molar-refractivity contribution in [3.8, 4) is 0 Å². The first kappa shape index (κ1) is 17.5. The van der Waals surface area contributed by atoms with Crippen LogP contribution in [0.5, 0.6) is 0 Å². The van der Waals surface area contributed by atoms with Crippen molar-refractivity contribution in [2.75, 3.05) is 13.1 Å². The van der Waals surface area contributed by atoms with Crippen LogP contribution in [0.4, 0.5) is 0 Å². The second-order valence-corrected chi connectivity index (χ2v) is 8.20. The first-order valence-corrected chi connectivity index (χ1v) is 9.83. The van der Waals surface area contributed by atoms with Gasteiger partial charge in [0.25, 0.3) is 5.91 Å². The van der Waals surface area contributed by atoms with E-state index in [-0.39, 0.29) is 11.9 Å². The van der Waals surface area contributed by atoms with E-state index in [2.05, 4.69) is 43.4 Å². The molecular formula is C21H33N2O+. The summed E-state index contributed by atoms with van der Waals surface area (Å²) in [6, 6.07) is 10.7. The molecule has 1 heterocycles. The molecule has 2 aliphatic rings. The fourth-order valence-electron chi connectivity index (χ4n) is 4.82. The molecule has 1 aliphatic carbocycles. The van der Waals surface area contributed by atoms with Crippen LogP contribution in [-0.2, 0) is 4.79 Å². The van der Waals surface area contributed by atoms with Crippen molar-refractivity contribution >= 4 is 5.91 Å². The Morgan fingerprint density at radius 1 is 1.04 bits per heavy atom. The zero-order valence-electron chi connectivity index (χ0n) is 15.3. The van der Waals surface area contributed by atoms with Crippen LogP contribution in [0.25, 0.3) is 0 Å². The lowest BCUT2D eigenvalue weighted by atomic mass is 9.89. The van der Waals surface area contributed by atoms with Gasteiger partial charge in [0.05, 0.1) is 13.1 Å². The minimum Gasteiger partial charge on any atom is -0.348 e. The summed E-state index contributed by atoms with van der Waals surface area (Å²) < 4.78 is 0. The van der Waals surface area contributed by atoms with Gasteiger partial charge in [0, 0.05) is 23.4 Å². The molecule has 3 atom stereocenters. The van der Waals surface area contributed by atoms with Gasteiger partial charge in [-0.15, -0.1) is 0 Å². The molecule has 3 nitrogen and oxygen atoms in total. The Labute approximate surface area is 146 Å². The number of likely N-dealkylation sites (tertiary alicyclic amines) is 1. The average molecular weight is 330 g/mol. The average Bonchev–Trinajstić information content (AvgIpc) is 2.56. The lowest BCUT2D eigenvalue weighted by molar-refractivity contribution is -0.933. The third-order valence-corrected chi connectivity index (χ3v) is 5.78. The highest BCUT2D eigenvalue weighted by molar-refractivity contribution is 5.82. The standard InChI is InChI=1S/C21H32N2O/c1-16-13-17(2)15-23(14-16)20(18-9-5-3-6-10-18)21(24)22-19-11-7-4-8-12-19/h3,5-6,9-10,16-17,19-20H,4,7-8,11-15H2,1-2H3,(H,22,24)/p+1. The highest BCUT2D eigenvalue weighted by Crippen LogP contribution is 2.20. The molecule has 2 fully saturated rings. The third kappa shape index (κ3) is 4.38. The van der Waals surface area contributed by atoms with Gasteiger partial charge in [0.2, 0.25) is 0 Å². The van der Waals surface area contributed by atoms with E-state index < -0.39 is 0 Å². The quantitative estimate of drug-likeness (QED) is 0.875. The van der Waals surface area contributed by atoms with Gasteiger partial charge in [-0.3, -0.25) is 4.79 Å². The molecule has 3 heteroatoms. The van der Waals surface area contributed by atoms with Crippen LogP contribution in [-0.4, -0.2) is 25.0 Å². The number of piperidine rings is 1. The maximum Gasteiger partial charge on any atom is 0.283 e. The normalized spacial score (nSPS) is 29.8. The zero-order chi connectivity index (χ0) is 16.9. The molecule has 1 aromatic rings. The van der Waals surface area contributed by atoms with Crippen LogP contribution in [0.15, 0.2) is 30.3 Å². The van der Waals surface area contributed by atoms with Crippen LogP contribution in [0.2, 0.25) is 0 Å². The van der Waals surface area contributed by atoms with Crippen molar-refractivity contribution in [3.05, 3.63) is 35.9 Å². The van der Waals surface area contributed by atoms with Crippen molar-refractivity contribution in [2.45, 2.75) is 64.5 Å². The van der Waals surface area contributed by atoms with Crippen LogP contribution in [0.1, 0.15) is 64.0 Å². The third-order valence-electron chi connectivity index (χ3n) is 5.78. The number of nitrogens with one attached hydrogen (secondary N) is 2. The van der Waals surface area contributed by atoms with Crippen molar-refractivity contribution in [3.63, 3.8) is 0 Å². The van der Waals surface area contributed by atoms with Crippen molar-refractivity contribution in [1.29, 1.82) is 0 Å². The molecule has 0 bridgehead atoms. The summed E-state index contributed by atoms with van der Waals surface area (Å²) in [6.45, 7) is 6.86. The minimum absolute atomic E-state index is 0.0571. The molecule has 3 unspecified atom stereocenters. The molecule has 132 valence electrons. The lowest BCUT2D eigenvalue weighted by Gasteiger charge is -2.37. The van der Waals surface area contributed by atoms with Gasteiger partial charge in [-0.1, -0.05) is 63.4 Å². The Kier molecular flexibility index (Phi) is 5.94. The molecule has 2 N–H and O–H groups in total. The van der Waals surface area contributed by atoms with Gasteiger partial charge in [-0.2, -0.15) is 0 Å². The Balaban J connectivity index is 1.77. The van der Waals surface area contributed by atoms with Gasteiger partial charge in [-0.05, 0) is 19.3 Å². The lowest BCUT2D eigenvalue weighted by Crippen LogP contribution is -3.15. The number of carbonyl (C=O) groups is 1. The van der Waals surface area contributed by atoms with E-state index in [1.165, 1.54) is 36.1 Å². The van der Waals surface area contributed by atoms with Crippen molar-refractivity contribution in [2.24, 2.45) is 11.8 Å². The van der Waals surface area contributed by atoms with E-state index >= 15 is 0 Å². The summed E-state index contributed by atoms with van der Waals surface area (Å²) in [5.41, 5.74) is 1.17. The van der Waals surface area contributed by atoms with E-state index in [0.29, 0.717) is 17.9 Å². The van der Waals surface area contributed by atoms with Gasteiger partial charge in [0.15, 0.2) is 6.04 Å². The molecule has 1 saturated heterocycles. The molecule has 3 rings (SSSR count). The van der Waals surface area contributed by atoms with E-state index in [1.807, 2.05) is 6.07 Å². The summed E-state index contributed by atoms with van der Waals surface area (Å²) in [5.74, 6) is 1.62. The number of rotatable bonds is 4. The molecule has 0 spiro atoms. The topological polar surface area (TPSA) is 33.5 Å². The van der Waals surface area contributed by atoms with Crippen LogP contribution in [0.3, 0.4) is 0 Å². The van der Waals surface area contributed by atoms with Crippen molar-refractivity contribution in [1.82, 2.24) is 5.32 Å². The fraction of sp³-hybridized carbons (Fsp3) is 0.667. The van der Waals surface area contributed by atoms with Crippen LogP contribution in [0, 0.1) is 11.8 Å². The maximum atomic E-state index is 13.2. The summed E-state index contributed by atoms with van der Waals surface area (Å²) in [7, 11) is 0. The summed E-state index contributed by atoms with van der Waals surface area (Å²) in [6.07, 6.45) is 7.41. The Morgan fingerprint density at radius 2 is 1.67 bits per heavy atom. The smallest absolute Gasteiger partial charge is 0.283 e. The first-order valence-electron chi connectivity index (χ1n) is 9.83. The largest absolute Gasteiger partial charge is 0.348 e. The van der Waals surface area contributed by atoms with Gasteiger partial charge in [0.1, 0.15) is 0 Å². The molecular weight excluding hydrogens is 296 g/mol. The Bertz CT molecular complexity index is 514. The van der Waals surface area contributed by atoms with Gasteiger partial charge >= 0.3 is 0 Å². The Hall–Kier alpha value is -1.35. The number of benzene rings is 1. The number of hydrogen-bond donors (Lipinski definition) is 2. The number of hydrogen-bond acceptors (Lipinski definition) is 1. The SMILES string of the molecule is CC1CC(C)C[NH+](C(C(=O)NC2CCCCC2)c2ccccc2)C1. The molecule has 0 radical (unpaired) electrons. The van der Waals surface area contributed by atoms with E-state index in [4.69, 9.17) is 0 Å². The predicted molar refractivity (Wildman–Crippen MR) is 97.8 cm³/mol. The van der Waals surface area contributed by atoms with Crippen LogP contribution >= 0.6 is 0 Å². The molecule has 1 aliphatic heterocycles. The monoisotopic (exact) mass is 329 g/mol. The number of quaternary nitrogens is 1. The van der Waals surface area contributed by atoms with Crippen LogP contribution < -0.4 is 10.2 Å². The molecule has 0 aromatic heterocycles. The second kappa shape index (κ2) is 8.15. The summed E-state index contributed by atoms with van der Waals surface area (Å²) >= 11 is 0.